The van der Waals surface area contributed by atoms with E-state index in [4.69, 9.17) is 0 Å². The van der Waals surface area contributed by atoms with Crippen LogP contribution in [-0.4, -0.2) is 30.4 Å². The van der Waals surface area contributed by atoms with Gasteiger partial charge in [0.2, 0.25) is 5.91 Å². The van der Waals surface area contributed by atoms with E-state index in [2.05, 4.69) is 41.4 Å². The maximum Gasteiger partial charge on any atom is 0.227 e. The summed E-state index contributed by atoms with van der Waals surface area (Å²) in [5.41, 5.74) is 2.58. The van der Waals surface area contributed by atoms with Crippen LogP contribution >= 0.6 is 12.4 Å². The van der Waals surface area contributed by atoms with Gasteiger partial charge in [-0.1, -0.05) is 29.8 Å². The van der Waals surface area contributed by atoms with Crippen molar-refractivity contribution in [2.24, 2.45) is 5.92 Å². The van der Waals surface area contributed by atoms with E-state index in [0.29, 0.717) is 5.91 Å². The second-order valence-electron chi connectivity index (χ2n) is 6.50. The molecule has 0 saturated carbocycles. The molecule has 3 nitrogen and oxygen atoms in total. The molecule has 2 saturated heterocycles. The zero-order valence-corrected chi connectivity index (χ0v) is 14.2. The molecule has 1 aromatic carbocycles. The third kappa shape index (κ3) is 3.82. The molecule has 2 atom stereocenters. The smallest absolute Gasteiger partial charge is 0.227 e. The van der Waals surface area contributed by atoms with Crippen LogP contribution in [0.1, 0.15) is 49.3 Å². The maximum atomic E-state index is 12.9. The van der Waals surface area contributed by atoms with E-state index in [1.54, 1.807) is 0 Å². The molecule has 1 aromatic rings. The summed E-state index contributed by atoms with van der Waals surface area (Å²) in [5, 5.41) is 3.37. The molecule has 2 fully saturated rings. The van der Waals surface area contributed by atoms with Gasteiger partial charge in [0, 0.05) is 13.1 Å². The number of halogens is 1. The van der Waals surface area contributed by atoms with Gasteiger partial charge >= 0.3 is 0 Å². The van der Waals surface area contributed by atoms with Gasteiger partial charge in [0.05, 0.1) is 12.0 Å². The number of carbonyl (C=O) groups is 1. The first-order valence-corrected chi connectivity index (χ1v) is 8.33. The highest BCUT2D eigenvalue weighted by atomic mass is 35.5. The van der Waals surface area contributed by atoms with E-state index in [1.807, 2.05) is 0 Å². The Bertz CT molecular complexity index is 482. The molecular weight excluding hydrogens is 296 g/mol. The van der Waals surface area contributed by atoms with Gasteiger partial charge in [0.15, 0.2) is 0 Å². The van der Waals surface area contributed by atoms with E-state index >= 15 is 0 Å². The van der Waals surface area contributed by atoms with Gasteiger partial charge in [-0.15, -0.1) is 12.4 Å². The number of aryl methyl sites for hydroxylation is 1. The summed E-state index contributed by atoms with van der Waals surface area (Å²) in [5.74, 6) is 0.553. The molecule has 2 unspecified atom stereocenters. The lowest BCUT2D eigenvalue weighted by molar-refractivity contribution is -0.140. The number of benzene rings is 1. The molecule has 2 aliphatic rings. The Hall–Kier alpha value is -1.06. The van der Waals surface area contributed by atoms with Crippen LogP contribution < -0.4 is 5.32 Å². The Morgan fingerprint density at radius 3 is 2.59 bits per heavy atom. The van der Waals surface area contributed by atoms with E-state index < -0.39 is 0 Å². The molecule has 0 aromatic heterocycles. The fraction of sp³-hybridized carbons (Fsp3) is 0.611. The zero-order chi connectivity index (χ0) is 14.7. The Balaban J connectivity index is 0.00000176. The number of carbonyl (C=O) groups excluding carboxylic acids is 1. The van der Waals surface area contributed by atoms with Crippen LogP contribution in [0.15, 0.2) is 24.3 Å². The Kier molecular flexibility index (Phi) is 6.27. The second-order valence-corrected chi connectivity index (χ2v) is 6.50. The van der Waals surface area contributed by atoms with E-state index in [-0.39, 0.29) is 24.4 Å². The largest absolute Gasteiger partial charge is 0.335 e. The first-order valence-electron chi connectivity index (χ1n) is 8.33. The lowest BCUT2D eigenvalue weighted by atomic mass is 9.91. The molecule has 3 rings (SSSR count). The van der Waals surface area contributed by atoms with Crippen molar-refractivity contribution in [2.75, 3.05) is 19.6 Å². The number of nitrogens with one attached hydrogen (secondary N) is 1. The average Bonchev–Trinajstić information content (AvgIpc) is 2.56. The van der Waals surface area contributed by atoms with Crippen molar-refractivity contribution in [1.82, 2.24) is 10.2 Å². The fourth-order valence-corrected chi connectivity index (χ4v) is 3.63. The number of hydrogen-bond donors (Lipinski definition) is 1. The third-order valence-electron chi connectivity index (χ3n) is 4.89. The van der Waals surface area contributed by atoms with Gasteiger partial charge in [-0.2, -0.15) is 0 Å². The minimum Gasteiger partial charge on any atom is -0.335 e. The van der Waals surface area contributed by atoms with Gasteiger partial charge in [-0.25, -0.2) is 0 Å². The number of piperidine rings is 2. The normalized spacial score (nSPS) is 25.4. The number of hydrogen-bond acceptors (Lipinski definition) is 2. The monoisotopic (exact) mass is 322 g/mol. The highest BCUT2D eigenvalue weighted by Crippen LogP contribution is 2.32. The van der Waals surface area contributed by atoms with Crippen LogP contribution in [0.5, 0.6) is 0 Å². The standard InChI is InChI=1S/C18H26N2O.ClH/c1-14-7-9-15(10-8-14)17-6-2-3-12-20(17)18(21)16-5-4-11-19-13-16;/h7-10,16-17,19H,2-6,11-13H2,1H3;1H. The molecule has 4 heteroatoms. The van der Waals surface area contributed by atoms with Crippen molar-refractivity contribution in [1.29, 1.82) is 0 Å². The minimum absolute atomic E-state index is 0. The zero-order valence-electron chi connectivity index (χ0n) is 13.4. The van der Waals surface area contributed by atoms with Crippen LogP contribution in [-0.2, 0) is 4.79 Å². The lowest BCUT2D eigenvalue weighted by Gasteiger charge is -2.39. The summed E-state index contributed by atoms with van der Waals surface area (Å²) in [6.45, 7) is 4.95. The molecule has 1 amide bonds. The molecule has 22 heavy (non-hydrogen) atoms. The van der Waals surface area contributed by atoms with Crippen molar-refractivity contribution >= 4 is 18.3 Å². The fourth-order valence-electron chi connectivity index (χ4n) is 3.63. The predicted molar refractivity (Wildman–Crippen MR) is 92.3 cm³/mol. The molecule has 2 heterocycles. The molecule has 0 spiro atoms. The van der Waals surface area contributed by atoms with Gasteiger partial charge in [0.25, 0.3) is 0 Å². The summed E-state index contributed by atoms with van der Waals surface area (Å²) >= 11 is 0. The second kappa shape index (κ2) is 7.98. The molecular formula is C18H27ClN2O. The molecule has 1 N–H and O–H groups in total. The number of amides is 1. The SMILES string of the molecule is Cc1ccc(C2CCCCN2C(=O)C2CCCNC2)cc1.Cl. The highest BCUT2D eigenvalue weighted by molar-refractivity contribution is 5.85. The maximum absolute atomic E-state index is 12.9. The summed E-state index contributed by atoms with van der Waals surface area (Å²) in [6.07, 6.45) is 5.65. The number of rotatable bonds is 2. The summed E-state index contributed by atoms with van der Waals surface area (Å²) in [4.78, 5) is 15.0. The van der Waals surface area contributed by atoms with Crippen molar-refractivity contribution in [2.45, 2.75) is 45.1 Å². The van der Waals surface area contributed by atoms with Crippen LogP contribution in [0.25, 0.3) is 0 Å². The van der Waals surface area contributed by atoms with Crippen molar-refractivity contribution in [3.8, 4) is 0 Å². The van der Waals surface area contributed by atoms with E-state index in [9.17, 15) is 4.79 Å². The first-order chi connectivity index (χ1) is 10.3. The van der Waals surface area contributed by atoms with Gasteiger partial charge in [0.1, 0.15) is 0 Å². The van der Waals surface area contributed by atoms with Crippen LogP contribution in [0, 0.1) is 12.8 Å². The van der Waals surface area contributed by atoms with Crippen LogP contribution in [0.4, 0.5) is 0 Å². The summed E-state index contributed by atoms with van der Waals surface area (Å²) in [6, 6.07) is 9.01. The van der Waals surface area contributed by atoms with Gasteiger partial charge in [-0.3, -0.25) is 4.79 Å². The first kappa shape index (κ1) is 17.3. The van der Waals surface area contributed by atoms with Crippen LogP contribution in [0.2, 0.25) is 0 Å². The minimum atomic E-state index is 0. The Labute approximate surface area is 139 Å². The molecule has 2 aliphatic heterocycles. The summed E-state index contributed by atoms with van der Waals surface area (Å²) < 4.78 is 0. The van der Waals surface area contributed by atoms with Gasteiger partial charge < -0.3 is 10.2 Å². The Morgan fingerprint density at radius 1 is 1.14 bits per heavy atom. The number of likely N-dealkylation sites (tertiary alicyclic amines) is 1. The van der Waals surface area contributed by atoms with E-state index in [1.165, 1.54) is 17.5 Å². The predicted octanol–water partition coefficient (Wildman–Crippen LogP) is 3.47. The van der Waals surface area contributed by atoms with Gasteiger partial charge in [-0.05, 0) is 51.1 Å². The van der Waals surface area contributed by atoms with Crippen molar-refractivity contribution in [3.63, 3.8) is 0 Å². The Morgan fingerprint density at radius 2 is 1.91 bits per heavy atom. The lowest BCUT2D eigenvalue weighted by Crippen LogP contribution is -2.46. The molecule has 122 valence electrons. The van der Waals surface area contributed by atoms with E-state index in [0.717, 1.165) is 45.3 Å². The quantitative estimate of drug-likeness (QED) is 0.904. The average molecular weight is 323 g/mol. The molecule has 0 radical (unpaired) electrons. The highest BCUT2D eigenvalue weighted by Gasteiger charge is 2.32. The third-order valence-corrected chi connectivity index (χ3v) is 4.89. The van der Waals surface area contributed by atoms with Crippen molar-refractivity contribution in [3.05, 3.63) is 35.4 Å². The van der Waals surface area contributed by atoms with Crippen molar-refractivity contribution < 1.29 is 4.79 Å². The molecule has 0 aliphatic carbocycles. The topological polar surface area (TPSA) is 32.3 Å². The summed E-state index contributed by atoms with van der Waals surface area (Å²) in [7, 11) is 0. The van der Waals surface area contributed by atoms with Crippen LogP contribution in [0.3, 0.4) is 0 Å². The number of nitrogens with zero attached hydrogens (tertiary/aromatic N) is 1. The molecule has 0 bridgehead atoms.